The van der Waals surface area contributed by atoms with Gasteiger partial charge in [-0.25, -0.2) is 4.98 Å². The van der Waals surface area contributed by atoms with Gasteiger partial charge in [-0.15, -0.1) is 0 Å². The zero-order valence-electron chi connectivity index (χ0n) is 16.8. The number of nitrogens with one attached hydrogen (secondary N) is 1. The molecule has 0 bridgehead atoms. The molecule has 0 saturated heterocycles. The predicted molar refractivity (Wildman–Crippen MR) is 111 cm³/mol. The van der Waals surface area contributed by atoms with Crippen molar-refractivity contribution in [2.75, 3.05) is 6.54 Å². The minimum Gasteiger partial charge on any atom is -0.354 e. The lowest BCUT2D eigenvalue weighted by Gasteiger charge is -2.18. The van der Waals surface area contributed by atoms with Crippen molar-refractivity contribution in [3.63, 3.8) is 0 Å². The lowest BCUT2D eigenvalue weighted by molar-refractivity contribution is -0.123. The van der Waals surface area contributed by atoms with Crippen molar-refractivity contribution in [3.8, 4) is 0 Å². The number of pyridine rings is 1. The number of carbonyl (C=O) groups is 1. The molecule has 2 aromatic heterocycles. The Kier molecular flexibility index (Phi) is 6.29. The van der Waals surface area contributed by atoms with Crippen LogP contribution in [0.2, 0.25) is 0 Å². The van der Waals surface area contributed by atoms with Crippen molar-refractivity contribution in [3.05, 3.63) is 64.8 Å². The first-order valence-corrected chi connectivity index (χ1v) is 9.86. The van der Waals surface area contributed by atoms with Gasteiger partial charge in [0.1, 0.15) is 11.9 Å². The molecule has 0 radical (unpaired) electrons. The van der Waals surface area contributed by atoms with Gasteiger partial charge in [0.15, 0.2) is 0 Å². The van der Waals surface area contributed by atoms with Crippen molar-refractivity contribution in [2.24, 2.45) is 5.92 Å². The molecule has 3 aromatic rings. The number of aryl methyl sites for hydroxylation is 1. The van der Waals surface area contributed by atoms with E-state index in [0.717, 1.165) is 23.3 Å². The lowest BCUT2D eigenvalue weighted by Crippen LogP contribution is -2.33. The van der Waals surface area contributed by atoms with Gasteiger partial charge in [-0.2, -0.15) is 0 Å². The minimum absolute atomic E-state index is 0.0228. The van der Waals surface area contributed by atoms with Crippen LogP contribution in [0.4, 0.5) is 0 Å². The Morgan fingerprint density at radius 2 is 1.86 bits per heavy atom. The van der Waals surface area contributed by atoms with Crippen molar-refractivity contribution in [2.45, 2.75) is 46.2 Å². The maximum atomic E-state index is 12.8. The van der Waals surface area contributed by atoms with E-state index in [1.807, 2.05) is 41.8 Å². The highest BCUT2D eigenvalue weighted by Gasteiger charge is 2.21. The summed E-state index contributed by atoms with van der Waals surface area (Å²) in [6.45, 7) is 7.33. The molecule has 0 aliphatic carbocycles. The molecule has 0 saturated carbocycles. The Morgan fingerprint density at radius 1 is 1.11 bits per heavy atom. The van der Waals surface area contributed by atoms with Gasteiger partial charge >= 0.3 is 0 Å². The summed E-state index contributed by atoms with van der Waals surface area (Å²) in [5.74, 6) is 1.36. The lowest BCUT2D eigenvalue weighted by atomic mass is 10.1. The molecule has 6 nitrogen and oxygen atoms in total. The van der Waals surface area contributed by atoms with E-state index in [4.69, 9.17) is 4.98 Å². The molecule has 0 fully saturated rings. The third-order valence-corrected chi connectivity index (χ3v) is 4.80. The number of carbonyl (C=O) groups excluding carboxylic acids is 1. The summed E-state index contributed by atoms with van der Waals surface area (Å²) >= 11 is 0. The summed E-state index contributed by atoms with van der Waals surface area (Å²) in [5, 5.41) is 3.00. The summed E-state index contributed by atoms with van der Waals surface area (Å²) in [6.07, 6.45) is 3.29. The Labute approximate surface area is 165 Å². The number of aromatic nitrogens is 3. The highest BCUT2D eigenvalue weighted by Crippen LogP contribution is 2.23. The number of fused-ring (bicyclic) bond motifs is 1. The van der Waals surface area contributed by atoms with Crippen LogP contribution in [0.1, 0.15) is 39.1 Å². The van der Waals surface area contributed by atoms with Crippen LogP contribution in [0.5, 0.6) is 0 Å². The first-order chi connectivity index (χ1) is 13.5. The van der Waals surface area contributed by atoms with Gasteiger partial charge in [0.25, 0.3) is 0 Å². The summed E-state index contributed by atoms with van der Waals surface area (Å²) in [6, 6.07) is 12.7. The molecule has 3 rings (SSSR count). The number of para-hydroxylation sites is 2. The van der Waals surface area contributed by atoms with Crippen LogP contribution in [0.25, 0.3) is 11.0 Å². The van der Waals surface area contributed by atoms with Crippen LogP contribution in [0.15, 0.2) is 53.5 Å². The smallest absolute Gasteiger partial charge is 0.250 e. The predicted octanol–water partition coefficient (Wildman–Crippen LogP) is 3.16. The van der Waals surface area contributed by atoms with E-state index in [1.54, 1.807) is 22.9 Å². The second-order valence-electron chi connectivity index (χ2n) is 7.54. The monoisotopic (exact) mass is 380 g/mol. The van der Waals surface area contributed by atoms with Gasteiger partial charge in [-0.05, 0) is 37.5 Å². The Bertz CT molecular complexity index is 1000. The molecule has 1 atom stereocenters. The van der Waals surface area contributed by atoms with Crippen LogP contribution in [0.3, 0.4) is 0 Å². The van der Waals surface area contributed by atoms with Gasteiger partial charge < -0.3 is 14.5 Å². The molecule has 148 valence electrons. The third kappa shape index (κ3) is 4.50. The molecule has 0 spiro atoms. The molecular formula is C22H28N4O2. The topological polar surface area (TPSA) is 68.9 Å². The van der Waals surface area contributed by atoms with Crippen LogP contribution < -0.4 is 10.9 Å². The van der Waals surface area contributed by atoms with Crippen LogP contribution in [0, 0.1) is 5.92 Å². The van der Waals surface area contributed by atoms with Gasteiger partial charge in [-0.1, -0.05) is 32.0 Å². The van der Waals surface area contributed by atoms with Crippen LogP contribution in [-0.4, -0.2) is 26.6 Å². The SMILES string of the molecule is CC(C)Cc1nc2ccccc2n1[C@@H](C)C(=O)NCCCn1ccccc1=O. The molecule has 1 amide bonds. The minimum atomic E-state index is -0.347. The van der Waals surface area contributed by atoms with Crippen molar-refractivity contribution in [1.29, 1.82) is 0 Å². The fraction of sp³-hybridized carbons (Fsp3) is 0.409. The highest BCUT2D eigenvalue weighted by molar-refractivity contribution is 5.84. The van der Waals surface area contributed by atoms with Gasteiger partial charge in [0.05, 0.1) is 11.0 Å². The van der Waals surface area contributed by atoms with Gasteiger partial charge in [-0.3, -0.25) is 9.59 Å². The fourth-order valence-electron chi connectivity index (χ4n) is 3.41. The second kappa shape index (κ2) is 8.87. The molecule has 1 N–H and O–H groups in total. The Balaban J connectivity index is 1.67. The second-order valence-corrected chi connectivity index (χ2v) is 7.54. The molecule has 1 aromatic carbocycles. The number of hydrogen-bond donors (Lipinski definition) is 1. The molecule has 6 heteroatoms. The standard InChI is InChI=1S/C22H28N4O2/c1-16(2)15-20-24-18-9-4-5-10-19(18)26(20)17(3)22(28)23-12-8-14-25-13-7-6-11-21(25)27/h4-7,9-11,13,16-17H,8,12,14-15H2,1-3H3,(H,23,28)/t17-/m0/s1. The largest absolute Gasteiger partial charge is 0.354 e. The molecule has 28 heavy (non-hydrogen) atoms. The average molecular weight is 380 g/mol. The third-order valence-electron chi connectivity index (χ3n) is 4.80. The zero-order chi connectivity index (χ0) is 20.1. The van der Waals surface area contributed by atoms with E-state index < -0.39 is 0 Å². The Morgan fingerprint density at radius 3 is 2.61 bits per heavy atom. The number of benzene rings is 1. The van der Waals surface area contributed by atoms with Gasteiger partial charge in [0.2, 0.25) is 11.5 Å². The quantitative estimate of drug-likeness (QED) is 0.610. The normalized spacial score (nSPS) is 12.4. The molecule has 0 aliphatic heterocycles. The van der Waals surface area contributed by atoms with E-state index in [2.05, 4.69) is 19.2 Å². The average Bonchev–Trinajstić information content (AvgIpc) is 3.02. The van der Waals surface area contributed by atoms with Crippen molar-refractivity contribution >= 4 is 16.9 Å². The molecule has 0 aliphatic rings. The van der Waals surface area contributed by atoms with Crippen LogP contribution >= 0.6 is 0 Å². The van der Waals surface area contributed by atoms with E-state index in [1.165, 1.54) is 0 Å². The van der Waals surface area contributed by atoms with E-state index >= 15 is 0 Å². The zero-order valence-corrected chi connectivity index (χ0v) is 16.8. The first-order valence-electron chi connectivity index (χ1n) is 9.86. The summed E-state index contributed by atoms with van der Waals surface area (Å²) in [4.78, 5) is 29.2. The van der Waals surface area contributed by atoms with E-state index in [-0.39, 0.29) is 17.5 Å². The summed E-state index contributed by atoms with van der Waals surface area (Å²) in [7, 11) is 0. The maximum Gasteiger partial charge on any atom is 0.250 e. The number of amides is 1. The molecular weight excluding hydrogens is 352 g/mol. The van der Waals surface area contributed by atoms with Crippen LogP contribution in [-0.2, 0) is 17.8 Å². The Hall–Kier alpha value is -2.89. The number of hydrogen-bond acceptors (Lipinski definition) is 3. The van der Waals surface area contributed by atoms with E-state index in [9.17, 15) is 9.59 Å². The molecule has 2 heterocycles. The van der Waals surface area contributed by atoms with E-state index in [0.29, 0.717) is 25.4 Å². The maximum absolute atomic E-state index is 12.8. The fourth-order valence-corrected chi connectivity index (χ4v) is 3.41. The first kappa shape index (κ1) is 19.9. The summed E-state index contributed by atoms with van der Waals surface area (Å²) < 4.78 is 3.70. The van der Waals surface area contributed by atoms with Crippen molar-refractivity contribution in [1.82, 2.24) is 19.4 Å². The summed E-state index contributed by atoms with van der Waals surface area (Å²) in [5.41, 5.74) is 1.88. The van der Waals surface area contributed by atoms with Gasteiger partial charge in [0, 0.05) is 31.8 Å². The number of nitrogens with zero attached hydrogens (tertiary/aromatic N) is 3. The number of rotatable bonds is 8. The highest BCUT2D eigenvalue weighted by atomic mass is 16.2. The van der Waals surface area contributed by atoms with Crippen molar-refractivity contribution < 1.29 is 4.79 Å². The number of imidazole rings is 1. The molecule has 0 unspecified atom stereocenters.